The molecule has 2 rings (SSSR count). The molecule has 0 spiro atoms. The zero-order valence-corrected chi connectivity index (χ0v) is 8.62. The molecule has 0 unspecified atom stereocenters. The summed E-state index contributed by atoms with van der Waals surface area (Å²) in [5.41, 5.74) is 3.30. The number of aryl methyl sites for hydroxylation is 1. The van der Waals surface area contributed by atoms with Gasteiger partial charge in [-0.1, -0.05) is 12.1 Å². The van der Waals surface area contributed by atoms with Crippen molar-refractivity contribution in [2.24, 2.45) is 0 Å². The number of fused-ring (bicyclic) bond motifs is 1. The molecule has 1 aliphatic rings. The molecule has 0 aromatic heterocycles. The Balaban J connectivity index is 2.03. The minimum Gasteiger partial charge on any atom is -0.396 e. The van der Waals surface area contributed by atoms with E-state index in [1.165, 1.54) is 5.56 Å². The Bertz CT molecular complexity index is 374. The molecule has 1 aromatic rings. The molecule has 1 aromatic carbocycles. The number of hydrogen-bond donors (Lipinski definition) is 2. The molecular weight excluding hydrogens is 190 g/mol. The highest BCUT2D eigenvalue weighted by Gasteiger charge is 2.16. The highest BCUT2D eigenvalue weighted by Crippen LogP contribution is 2.24. The van der Waals surface area contributed by atoms with E-state index < -0.39 is 0 Å². The van der Waals surface area contributed by atoms with Gasteiger partial charge in [-0.2, -0.15) is 0 Å². The molecule has 0 aliphatic carbocycles. The van der Waals surface area contributed by atoms with Crippen molar-refractivity contribution in [3.63, 3.8) is 0 Å². The topological polar surface area (TPSA) is 49.3 Å². The molecule has 80 valence electrons. The summed E-state index contributed by atoms with van der Waals surface area (Å²) in [7, 11) is 0. The molecule has 0 fully saturated rings. The van der Waals surface area contributed by atoms with E-state index in [2.05, 4.69) is 11.4 Å². The number of rotatable bonds is 4. The molecule has 3 heteroatoms. The van der Waals surface area contributed by atoms with Crippen molar-refractivity contribution < 1.29 is 9.90 Å². The SMILES string of the molecule is O=C1Cc2cc(CCCCO)ccc2N1. The van der Waals surface area contributed by atoms with Crippen molar-refractivity contribution in [3.05, 3.63) is 29.3 Å². The van der Waals surface area contributed by atoms with Gasteiger partial charge >= 0.3 is 0 Å². The molecule has 0 saturated heterocycles. The van der Waals surface area contributed by atoms with Crippen LogP contribution in [0.15, 0.2) is 18.2 Å². The van der Waals surface area contributed by atoms with Crippen molar-refractivity contribution in [3.8, 4) is 0 Å². The van der Waals surface area contributed by atoms with Crippen LogP contribution in [-0.4, -0.2) is 17.6 Å². The molecule has 1 amide bonds. The summed E-state index contributed by atoms with van der Waals surface area (Å²) in [5, 5.41) is 11.5. The summed E-state index contributed by atoms with van der Waals surface area (Å²) in [6, 6.07) is 6.10. The number of benzene rings is 1. The first-order chi connectivity index (χ1) is 7.29. The Morgan fingerprint density at radius 2 is 2.20 bits per heavy atom. The maximum atomic E-state index is 11.1. The van der Waals surface area contributed by atoms with Gasteiger partial charge in [-0.05, 0) is 36.5 Å². The fraction of sp³-hybridized carbons (Fsp3) is 0.417. The number of aliphatic hydroxyl groups is 1. The van der Waals surface area contributed by atoms with Gasteiger partial charge in [0, 0.05) is 12.3 Å². The molecule has 15 heavy (non-hydrogen) atoms. The first-order valence-corrected chi connectivity index (χ1v) is 5.32. The van der Waals surface area contributed by atoms with Crippen molar-refractivity contribution in [2.75, 3.05) is 11.9 Å². The zero-order valence-electron chi connectivity index (χ0n) is 8.62. The summed E-state index contributed by atoms with van der Waals surface area (Å²) in [6.45, 7) is 0.255. The summed E-state index contributed by atoms with van der Waals surface area (Å²) < 4.78 is 0. The maximum Gasteiger partial charge on any atom is 0.228 e. The molecule has 2 N–H and O–H groups in total. The number of unbranched alkanes of at least 4 members (excludes halogenated alkanes) is 1. The summed E-state index contributed by atoms with van der Waals surface area (Å²) >= 11 is 0. The largest absolute Gasteiger partial charge is 0.396 e. The average Bonchev–Trinajstić information content (AvgIpc) is 2.57. The maximum absolute atomic E-state index is 11.1. The van der Waals surface area contributed by atoms with Crippen molar-refractivity contribution in [1.82, 2.24) is 0 Å². The fourth-order valence-electron chi connectivity index (χ4n) is 1.88. The number of aliphatic hydroxyl groups excluding tert-OH is 1. The number of anilines is 1. The van der Waals surface area contributed by atoms with Gasteiger partial charge in [-0.15, -0.1) is 0 Å². The third-order valence-electron chi connectivity index (χ3n) is 2.67. The quantitative estimate of drug-likeness (QED) is 0.732. The second-order valence-electron chi connectivity index (χ2n) is 3.90. The lowest BCUT2D eigenvalue weighted by Crippen LogP contribution is -2.03. The first kappa shape index (κ1) is 10.2. The smallest absolute Gasteiger partial charge is 0.228 e. The molecule has 3 nitrogen and oxygen atoms in total. The number of amides is 1. The Hall–Kier alpha value is -1.35. The molecule has 0 atom stereocenters. The lowest BCUT2D eigenvalue weighted by atomic mass is 10.0. The van der Waals surface area contributed by atoms with E-state index in [1.807, 2.05) is 12.1 Å². The third-order valence-corrected chi connectivity index (χ3v) is 2.67. The fourth-order valence-corrected chi connectivity index (χ4v) is 1.88. The molecule has 1 aliphatic heterocycles. The summed E-state index contributed by atoms with van der Waals surface area (Å²) in [4.78, 5) is 11.1. The van der Waals surface area contributed by atoms with E-state index in [1.54, 1.807) is 0 Å². The second-order valence-corrected chi connectivity index (χ2v) is 3.90. The second kappa shape index (κ2) is 4.45. The van der Waals surface area contributed by atoms with Gasteiger partial charge < -0.3 is 10.4 Å². The molecule has 0 bridgehead atoms. The van der Waals surface area contributed by atoms with Crippen LogP contribution >= 0.6 is 0 Å². The predicted octanol–water partition coefficient (Wildman–Crippen LogP) is 1.50. The Morgan fingerprint density at radius 3 is 3.00 bits per heavy atom. The monoisotopic (exact) mass is 205 g/mol. The summed E-state index contributed by atoms with van der Waals surface area (Å²) in [5.74, 6) is 0.0810. The van der Waals surface area contributed by atoms with E-state index in [9.17, 15) is 4.79 Å². The minimum atomic E-state index is 0.0810. The van der Waals surface area contributed by atoms with Crippen LogP contribution in [0.2, 0.25) is 0 Å². The van der Waals surface area contributed by atoms with E-state index in [0.29, 0.717) is 6.42 Å². The van der Waals surface area contributed by atoms with Crippen LogP contribution in [-0.2, 0) is 17.6 Å². The Morgan fingerprint density at radius 1 is 1.33 bits per heavy atom. The zero-order chi connectivity index (χ0) is 10.7. The lowest BCUT2D eigenvalue weighted by molar-refractivity contribution is -0.115. The number of nitrogens with one attached hydrogen (secondary N) is 1. The van der Waals surface area contributed by atoms with E-state index in [4.69, 9.17) is 5.11 Å². The van der Waals surface area contributed by atoms with Crippen LogP contribution in [0, 0.1) is 0 Å². The minimum absolute atomic E-state index is 0.0810. The van der Waals surface area contributed by atoms with E-state index >= 15 is 0 Å². The first-order valence-electron chi connectivity index (χ1n) is 5.32. The van der Waals surface area contributed by atoms with Gasteiger partial charge in [-0.3, -0.25) is 4.79 Å². The van der Waals surface area contributed by atoms with Crippen molar-refractivity contribution in [2.45, 2.75) is 25.7 Å². The number of hydrogen-bond acceptors (Lipinski definition) is 2. The van der Waals surface area contributed by atoms with Crippen molar-refractivity contribution in [1.29, 1.82) is 0 Å². The van der Waals surface area contributed by atoms with E-state index in [-0.39, 0.29) is 12.5 Å². The van der Waals surface area contributed by atoms with Crippen LogP contribution in [0.5, 0.6) is 0 Å². The van der Waals surface area contributed by atoms with Gasteiger partial charge in [0.25, 0.3) is 0 Å². The van der Waals surface area contributed by atoms with Gasteiger partial charge in [0.15, 0.2) is 0 Å². The molecule has 1 heterocycles. The Kier molecular flexibility index (Phi) is 3.02. The molecular formula is C12H15NO2. The highest BCUT2D eigenvalue weighted by atomic mass is 16.2. The lowest BCUT2D eigenvalue weighted by Gasteiger charge is -2.03. The predicted molar refractivity (Wildman–Crippen MR) is 58.8 cm³/mol. The van der Waals surface area contributed by atoms with Gasteiger partial charge in [0.2, 0.25) is 5.91 Å². The van der Waals surface area contributed by atoms with Crippen molar-refractivity contribution >= 4 is 11.6 Å². The normalized spacial score (nSPS) is 13.8. The van der Waals surface area contributed by atoms with Gasteiger partial charge in [-0.25, -0.2) is 0 Å². The highest BCUT2D eigenvalue weighted by molar-refractivity contribution is 5.99. The number of carbonyl (C=O) groups is 1. The van der Waals surface area contributed by atoms with Gasteiger partial charge in [0.1, 0.15) is 0 Å². The van der Waals surface area contributed by atoms with Crippen LogP contribution in [0.25, 0.3) is 0 Å². The molecule has 0 saturated carbocycles. The van der Waals surface area contributed by atoms with Crippen LogP contribution in [0.3, 0.4) is 0 Å². The van der Waals surface area contributed by atoms with Crippen LogP contribution < -0.4 is 5.32 Å². The summed E-state index contributed by atoms with van der Waals surface area (Å²) in [6.07, 6.45) is 3.32. The molecule has 0 radical (unpaired) electrons. The van der Waals surface area contributed by atoms with Gasteiger partial charge in [0.05, 0.1) is 6.42 Å². The standard InChI is InChI=1S/C12H15NO2/c14-6-2-1-3-9-4-5-11-10(7-9)8-12(15)13-11/h4-5,7,14H,1-3,6,8H2,(H,13,15). The number of carbonyl (C=O) groups excluding carboxylic acids is 1. The van der Waals surface area contributed by atoms with E-state index in [0.717, 1.165) is 30.5 Å². The Labute approximate surface area is 89.1 Å². The van der Waals surface area contributed by atoms with Crippen LogP contribution in [0.4, 0.5) is 5.69 Å². The third kappa shape index (κ3) is 2.36. The van der Waals surface area contributed by atoms with Crippen LogP contribution in [0.1, 0.15) is 24.0 Å². The average molecular weight is 205 g/mol.